The molecular formula is C13H18NO2. The zero-order valence-electron chi connectivity index (χ0n) is 9.90. The maximum atomic E-state index is 5.08. The molecule has 0 aliphatic carbocycles. The molecule has 0 saturated carbocycles. The minimum Gasteiger partial charge on any atom is -0.497 e. The summed E-state index contributed by atoms with van der Waals surface area (Å²) in [5.74, 6) is 0.828. The lowest BCUT2D eigenvalue weighted by molar-refractivity contribution is 0.141. The summed E-state index contributed by atoms with van der Waals surface area (Å²) in [6, 6.07) is 7.51. The molecule has 0 saturated heterocycles. The number of methoxy groups -OCH3 is 1. The minimum atomic E-state index is 0.664. The highest BCUT2D eigenvalue weighted by molar-refractivity contribution is 5.79. The van der Waals surface area contributed by atoms with E-state index in [0.717, 1.165) is 17.7 Å². The maximum Gasteiger partial charge on any atom is 0.139 e. The van der Waals surface area contributed by atoms with Crippen LogP contribution in [0.5, 0.6) is 5.75 Å². The monoisotopic (exact) mass is 220 g/mol. The highest BCUT2D eigenvalue weighted by Crippen LogP contribution is 2.09. The van der Waals surface area contributed by atoms with Crippen LogP contribution in [0.1, 0.15) is 31.7 Å². The summed E-state index contributed by atoms with van der Waals surface area (Å²) >= 11 is 0. The van der Waals surface area contributed by atoms with Crippen LogP contribution in [0.2, 0.25) is 0 Å². The fourth-order valence-corrected chi connectivity index (χ4v) is 1.21. The Hall–Kier alpha value is -1.51. The standard InChI is InChI=1S/C13H18NO2/c1-3-4-5-10-16-14-11-12-6-8-13(15-2)9-7-12/h6-9H,3-5,10H2,1-2H3. The molecule has 0 N–H and O–H groups in total. The predicted octanol–water partition coefficient (Wildman–Crippen LogP) is 3.11. The van der Waals surface area contributed by atoms with Crippen LogP contribution >= 0.6 is 0 Å². The van der Waals surface area contributed by atoms with Crippen molar-refractivity contribution in [3.63, 3.8) is 0 Å². The number of hydrogen-bond acceptors (Lipinski definition) is 3. The van der Waals surface area contributed by atoms with Crippen molar-refractivity contribution < 1.29 is 9.57 Å². The predicted molar refractivity (Wildman–Crippen MR) is 65.0 cm³/mol. The number of ether oxygens (including phenoxy) is 1. The molecule has 0 spiro atoms. The first-order valence-electron chi connectivity index (χ1n) is 5.59. The van der Waals surface area contributed by atoms with Crippen LogP contribution in [0.4, 0.5) is 0 Å². The Balaban J connectivity index is 2.27. The molecule has 1 radical (unpaired) electrons. The van der Waals surface area contributed by atoms with Crippen molar-refractivity contribution in [2.45, 2.75) is 26.2 Å². The van der Waals surface area contributed by atoms with Crippen LogP contribution in [-0.4, -0.2) is 19.9 Å². The van der Waals surface area contributed by atoms with E-state index in [1.165, 1.54) is 12.8 Å². The highest BCUT2D eigenvalue weighted by atomic mass is 16.6. The Morgan fingerprint density at radius 2 is 1.94 bits per heavy atom. The SMILES string of the molecule is CCCCCO/N=[C]/c1ccc(OC)cc1. The summed E-state index contributed by atoms with van der Waals surface area (Å²) in [6.07, 6.45) is 6.23. The normalized spacial score (nSPS) is 10.6. The van der Waals surface area contributed by atoms with Crippen LogP contribution in [0.25, 0.3) is 0 Å². The quantitative estimate of drug-likeness (QED) is 0.401. The van der Waals surface area contributed by atoms with E-state index in [1.807, 2.05) is 24.3 Å². The number of rotatable bonds is 7. The zero-order valence-corrected chi connectivity index (χ0v) is 9.90. The molecule has 0 aliphatic heterocycles. The molecule has 0 bridgehead atoms. The number of benzene rings is 1. The van der Waals surface area contributed by atoms with Gasteiger partial charge in [-0.05, 0) is 30.7 Å². The fourth-order valence-electron chi connectivity index (χ4n) is 1.21. The summed E-state index contributed by atoms with van der Waals surface area (Å²) in [6.45, 7) is 2.82. The van der Waals surface area contributed by atoms with Gasteiger partial charge in [-0.2, -0.15) is 0 Å². The molecule has 0 fully saturated rings. The lowest BCUT2D eigenvalue weighted by Gasteiger charge is -1.99. The van der Waals surface area contributed by atoms with Crippen molar-refractivity contribution >= 4 is 6.21 Å². The molecular weight excluding hydrogens is 202 g/mol. The van der Waals surface area contributed by atoms with E-state index in [1.54, 1.807) is 7.11 Å². The Labute approximate surface area is 97.1 Å². The van der Waals surface area contributed by atoms with E-state index in [9.17, 15) is 0 Å². The van der Waals surface area contributed by atoms with Gasteiger partial charge in [0.1, 0.15) is 18.6 Å². The van der Waals surface area contributed by atoms with E-state index in [-0.39, 0.29) is 0 Å². The second kappa shape index (κ2) is 7.74. The van der Waals surface area contributed by atoms with Gasteiger partial charge in [0.25, 0.3) is 0 Å². The van der Waals surface area contributed by atoms with Crippen LogP contribution < -0.4 is 4.74 Å². The first-order valence-corrected chi connectivity index (χ1v) is 5.59. The summed E-state index contributed by atoms with van der Waals surface area (Å²) in [4.78, 5) is 5.08. The van der Waals surface area contributed by atoms with Crippen LogP contribution in [-0.2, 0) is 4.84 Å². The van der Waals surface area contributed by atoms with Gasteiger partial charge >= 0.3 is 0 Å². The molecule has 87 valence electrons. The van der Waals surface area contributed by atoms with Crippen molar-refractivity contribution in [2.75, 3.05) is 13.7 Å². The van der Waals surface area contributed by atoms with E-state index >= 15 is 0 Å². The molecule has 0 unspecified atom stereocenters. The number of unbranched alkanes of at least 4 members (excludes halogenated alkanes) is 2. The summed E-state index contributed by atoms with van der Waals surface area (Å²) in [5, 5.41) is 3.78. The lowest BCUT2D eigenvalue weighted by Crippen LogP contribution is -1.89. The van der Waals surface area contributed by atoms with Gasteiger partial charge in [-0.25, -0.2) is 0 Å². The van der Waals surface area contributed by atoms with Gasteiger partial charge in [-0.15, -0.1) is 0 Å². The minimum absolute atomic E-state index is 0.664. The third-order valence-corrected chi connectivity index (χ3v) is 2.17. The number of nitrogens with zero attached hydrogens (tertiary/aromatic N) is 1. The molecule has 3 heteroatoms. The molecule has 1 rings (SSSR count). The smallest absolute Gasteiger partial charge is 0.139 e. The molecule has 0 aromatic heterocycles. The van der Waals surface area contributed by atoms with Crippen molar-refractivity contribution in [1.82, 2.24) is 0 Å². The average Bonchev–Trinajstić information content (AvgIpc) is 2.34. The van der Waals surface area contributed by atoms with Crippen molar-refractivity contribution in [3.05, 3.63) is 29.8 Å². The van der Waals surface area contributed by atoms with Gasteiger partial charge in [-0.1, -0.05) is 24.9 Å². The Kier molecular flexibility index (Phi) is 6.07. The van der Waals surface area contributed by atoms with Gasteiger partial charge < -0.3 is 9.57 Å². The van der Waals surface area contributed by atoms with E-state index in [0.29, 0.717) is 6.61 Å². The lowest BCUT2D eigenvalue weighted by atomic mass is 10.2. The maximum absolute atomic E-state index is 5.08. The molecule has 0 heterocycles. The van der Waals surface area contributed by atoms with Gasteiger partial charge in [0.15, 0.2) is 0 Å². The fraction of sp³-hybridized carbons (Fsp3) is 0.462. The van der Waals surface area contributed by atoms with Crippen LogP contribution in [0.3, 0.4) is 0 Å². The molecule has 1 aromatic carbocycles. The second-order valence-corrected chi connectivity index (χ2v) is 3.47. The largest absolute Gasteiger partial charge is 0.497 e. The van der Waals surface area contributed by atoms with Gasteiger partial charge in [0.2, 0.25) is 0 Å². The molecule has 0 aliphatic rings. The third kappa shape index (κ3) is 4.82. The Morgan fingerprint density at radius 3 is 2.56 bits per heavy atom. The molecule has 0 amide bonds. The average molecular weight is 220 g/mol. The van der Waals surface area contributed by atoms with E-state index < -0.39 is 0 Å². The van der Waals surface area contributed by atoms with Crippen molar-refractivity contribution in [2.24, 2.45) is 5.16 Å². The van der Waals surface area contributed by atoms with Gasteiger partial charge in [-0.3, -0.25) is 0 Å². The number of hydrogen-bond donors (Lipinski definition) is 0. The Morgan fingerprint density at radius 1 is 1.19 bits per heavy atom. The zero-order chi connectivity index (χ0) is 11.6. The summed E-state index contributed by atoms with van der Waals surface area (Å²) in [7, 11) is 1.64. The Bertz CT molecular complexity index is 306. The van der Waals surface area contributed by atoms with Gasteiger partial charge in [0, 0.05) is 5.56 Å². The van der Waals surface area contributed by atoms with Gasteiger partial charge in [0.05, 0.1) is 7.11 Å². The van der Waals surface area contributed by atoms with E-state index in [4.69, 9.17) is 9.57 Å². The van der Waals surface area contributed by atoms with E-state index in [2.05, 4.69) is 18.3 Å². The first kappa shape index (κ1) is 12.6. The van der Waals surface area contributed by atoms with Crippen molar-refractivity contribution in [1.29, 1.82) is 0 Å². The van der Waals surface area contributed by atoms with Crippen LogP contribution in [0.15, 0.2) is 29.4 Å². The third-order valence-electron chi connectivity index (χ3n) is 2.17. The summed E-state index contributed by atoms with van der Waals surface area (Å²) in [5.41, 5.74) is 0.885. The summed E-state index contributed by atoms with van der Waals surface area (Å²) < 4.78 is 5.05. The molecule has 16 heavy (non-hydrogen) atoms. The van der Waals surface area contributed by atoms with Crippen molar-refractivity contribution in [3.8, 4) is 5.75 Å². The highest BCUT2D eigenvalue weighted by Gasteiger charge is 1.91. The van der Waals surface area contributed by atoms with Crippen LogP contribution in [0, 0.1) is 0 Å². The topological polar surface area (TPSA) is 30.8 Å². The molecule has 0 atom stereocenters. The first-order chi connectivity index (χ1) is 7.86. The molecule has 3 nitrogen and oxygen atoms in total. The second-order valence-electron chi connectivity index (χ2n) is 3.47. The molecule has 1 aromatic rings.